The molecule has 1 atom stereocenters. The molecule has 0 spiro atoms. The smallest absolute Gasteiger partial charge is 0.0558 e. The average molecular weight is 186 g/mol. The van der Waals surface area contributed by atoms with Gasteiger partial charge in [-0.3, -0.25) is 0 Å². The molecule has 0 aromatic carbocycles. The highest BCUT2D eigenvalue weighted by atomic mass is 16.3. The molecule has 1 heterocycles. The summed E-state index contributed by atoms with van der Waals surface area (Å²) in [5, 5.41) is 12.3. The number of nitrogens with zero attached hydrogens (tertiary/aromatic N) is 1. The van der Waals surface area contributed by atoms with Crippen molar-refractivity contribution < 1.29 is 5.11 Å². The van der Waals surface area contributed by atoms with E-state index in [2.05, 4.69) is 17.3 Å². The summed E-state index contributed by atoms with van der Waals surface area (Å²) in [4.78, 5) is 2.20. The van der Waals surface area contributed by atoms with Crippen LogP contribution in [0.1, 0.15) is 25.7 Å². The Balaban J connectivity index is 2.17. The number of aliphatic hydroxyl groups excluding tert-OH is 1. The number of rotatable bonds is 4. The maximum Gasteiger partial charge on any atom is 0.0558 e. The predicted molar refractivity (Wildman–Crippen MR) is 54.8 cm³/mol. The molecular weight excluding hydrogens is 164 g/mol. The second-order valence-electron chi connectivity index (χ2n) is 3.99. The molecule has 1 unspecified atom stereocenters. The molecule has 2 N–H and O–H groups in total. The van der Waals surface area contributed by atoms with Gasteiger partial charge in [-0.1, -0.05) is 12.8 Å². The van der Waals surface area contributed by atoms with Crippen molar-refractivity contribution >= 4 is 0 Å². The fraction of sp³-hybridized carbons (Fsp3) is 1.00. The van der Waals surface area contributed by atoms with Crippen LogP contribution in [0, 0.1) is 0 Å². The standard InChI is InChI=1S/C10H22N2O/c1-12(7-8-13)9-10-5-3-2-4-6-11-10/h10-11,13H,2-9H2,1H3. The van der Waals surface area contributed by atoms with Gasteiger partial charge in [-0.2, -0.15) is 0 Å². The SMILES string of the molecule is CN(CCO)CC1CCCCCN1. The van der Waals surface area contributed by atoms with Crippen molar-refractivity contribution in [2.24, 2.45) is 0 Å². The molecule has 78 valence electrons. The summed E-state index contributed by atoms with van der Waals surface area (Å²) in [6, 6.07) is 0.638. The van der Waals surface area contributed by atoms with E-state index in [0.29, 0.717) is 6.04 Å². The third kappa shape index (κ3) is 4.60. The van der Waals surface area contributed by atoms with E-state index in [1.807, 2.05) is 0 Å². The van der Waals surface area contributed by atoms with Crippen LogP contribution in [0.2, 0.25) is 0 Å². The Morgan fingerprint density at radius 2 is 2.23 bits per heavy atom. The van der Waals surface area contributed by atoms with Gasteiger partial charge in [0.2, 0.25) is 0 Å². The Labute approximate surface area is 81.1 Å². The first-order valence-corrected chi connectivity index (χ1v) is 5.35. The molecule has 0 aliphatic carbocycles. The quantitative estimate of drug-likeness (QED) is 0.669. The van der Waals surface area contributed by atoms with Crippen molar-refractivity contribution in [1.82, 2.24) is 10.2 Å². The van der Waals surface area contributed by atoms with Crippen molar-refractivity contribution in [3.63, 3.8) is 0 Å². The van der Waals surface area contributed by atoms with E-state index >= 15 is 0 Å². The van der Waals surface area contributed by atoms with Crippen molar-refractivity contribution in [3.8, 4) is 0 Å². The van der Waals surface area contributed by atoms with E-state index in [1.54, 1.807) is 0 Å². The molecule has 3 heteroatoms. The Bertz CT molecular complexity index is 122. The summed E-state index contributed by atoms with van der Waals surface area (Å²) in [7, 11) is 2.07. The lowest BCUT2D eigenvalue weighted by Crippen LogP contribution is -2.39. The van der Waals surface area contributed by atoms with E-state index in [1.165, 1.54) is 25.7 Å². The van der Waals surface area contributed by atoms with Gasteiger partial charge in [-0.15, -0.1) is 0 Å². The highest BCUT2D eigenvalue weighted by Crippen LogP contribution is 2.08. The van der Waals surface area contributed by atoms with Crippen LogP contribution >= 0.6 is 0 Å². The van der Waals surface area contributed by atoms with Gasteiger partial charge in [0.25, 0.3) is 0 Å². The molecule has 13 heavy (non-hydrogen) atoms. The second kappa shape index (κ2) is 6.35. The molecule has 3 nitrogen and oxygen atoms in total. The summed E-state index contributed by atoms with van der Waals surface area (Å²) >= 11 is 0. The van der Waals surface area contributed by atoms with Gasteiger partial charge in [-0.25, -0.2) is 0 Å². The lowest BCUT2D eigenvalue weighted by molar-refractivity contribution is 0.207. The van der Waals surface area contributed by atoms with Gasteiger partial charge in [0.15, 0.2) is 0 Å². The molecular formula is C10H22N2O. The van der Waals surface area contributed by atoms with Crippen LogP contribution < -0.4 is 5.32 Å². The zero-order valence-electron chi connectivity index (χ0n) is 8.63. The van der Waals surface area contributed by atoms with Crippen molar-refractivity contribution in [1.29, 1.82) is 0 Å². The molecule has 0 aromatic heterocycles. The first-order chi connectivity index (χ1) is 6.33. The Hall–Kier alpha value is -0.120. The average Bonchev–Trinajstić information content (AvgIpc) is 2.33. The second-order valence-corrected chi connectivity index (χ2v) is 3.99. The van der Waals surface area contributed by atoms with Gasteiger partial charge < -0.3 is 15.3 Å². The van der Waals surface area contributed by atoms with Crippen molar-refractivity contribution in [2.75, 3.05) is 33.3 Å². The van der Waals surface area contributed by atoms with Crippen LogP contribution in [0.15, 0.2) is 0 Å². The fourth-order valence-electron chi connectivity index (χ4n) is 1.89. The molecule has 0 saturated carbocycles. The number of hydrogen-bond donors (Lipinski definition) is 2. The predicted octanol–water partition coefficient (Wildman–Crippen LogP) is 0.443. The van der Waals surface area contributed by atoms with Gasteiger partial charge in [0.1, 0.15) is 0 Å². The van der Waals surface area contributed by atoms with Gasteiger partial charge in [-0.05, 0) is 26.4 Å². The molecule has 1 aliphatic rings. The van der Waals surface area contributed by atoms with E-state index in [4.69, 9.17) is 5.11 Å². The molecule has 1 aliphatic heterocycles. The van der Waals surface area contributed by atoms with Crippen LogP contribution in [-0.4, -0.2) is 49.3 Å². The summed E-state index contributed by atoms with van der Waals surface area (Å²) < 4.78 is 0. The lowest BCUT2D eigenvalue weighted by atomic mass is 10.1. The van der Waals surface area contributed by atoms with E-state index in [-0.39, 0.29) is 6.61 Å². The molecule has 0 bridgehead atoms. The zero-order valence-corrected chi connectivity index (χ0v) is 8.63. The lowest BCUT2D eigenvalue weighted by Gasteiger charge is -2.22. The molecule has 1 saturated heterocycles. The highest BCUT2D eigenvalue weighted by Gasteiger charge is 2.12. The summed E-state index contributed by atoms with van der Waals surface area (Å²) in [6.45, 7) is 3.29. The number of nitrogens with one attached hydrogen (secondary N) is 1. The van der Waals surface area contributed by atoms with E-state index in [9.17, 15) is 0 Å². The van der Waals surface area contributed by atoms with Crippen LogP contribution in [0.4, 0.5) is 0 Å². The Morgan fingerprint density at radius 1 is 1.38 bits per heavy atom. The van der Waals surface area contributed by atoms with E-state index in [0.717, 1.165) is 19.6 Å². The summed E-state index contributed by atoms with van der Waals surface area (Å²) in [5.74, 6) is 0. The monoisotopic (exact) mass is 186 g/mol. The zero-order chi connectivity index (χ0) is 9.52. The molecule has 0 aromatic rings. The van der Waals surface area contributed by atoms with Gasteiger partial charge in [0.05, 0.1) is 6.61 Å². The third-order valence-corrected chi connectivity index (χ3v) is 2.68. The van der Waals surface area contributed by atoms with Crippen LogP contribution in [-0.2, 0) is 0 Å². The minimum atomic E-state index is 0.267. The summed E-state index contributed by atoms with van der Waals surface area (Å²) in [5.41, 5.74) is 0. The first kappa shape index (κ1) is 11.0. The Morgan fingerprint density at radius 3 is 3.00 bits per heavy atom. The van der Waals surface area contributed by atoms with Crippen LogP contribution in [0.25, 0.3) is 0 Å². The largest absolute Gasteiger partial charge is 0.395 e. The highest BCUT2D eigenvalue weighted by molar-refractivity contribution is 4.73. The number of likely N-dealkylation sites (N-methyl/N-ethyl adjacent to an activating group) is 1. The van der Waals surface area contributed by atoms with Crippen molar-refractivity contribution in [3.05, 3.63) is 0 Å². The minimum absolute atomic E-state index is 0.267. The normalized spacial score (nSPS) is 24.7. The maximum absolute atomic E-state index is 8.76. The number of aliphatic hydroxyl groups is 1. The summed E-state index contributed by atoms with van der Waals surface area (Å²) in [6.07, 6.45) is 5.33. The molecule has 1 rings (SSSR count). The first-order valence-electron chi connectivity index (χ1n) is 5.35. The van der Waals surface area contributed by atoms with Crippen molar-refractivity contribution in [2.45, 2.75) is 31.7 Å². The minimum Gasteiger partial charge on any atom is -0.395 e. The molecule has 0 radical (unpaired) electrons. The van der Waals surface area contributed by atoms with Crippen LogP contribution in [0.3, 0.4) is 0 Å². The molecule has 0 amide bonds. The molecule has 1 fully saturated rings. The van der Waals surface area contributed by atoms with Crippen LogP contribution in [0.5, 0.6) is 0 Å². The fourth-order valence-corrected chi connectivity index (χ4v) is 1.89. The van der Waals surface area contributed by atoms with Gasteiger partial charge in [0, 0.05) is 19.1 Å². The topological polar surface area (TPSA) is 35.5 Å². The maximum atomic E-state index is 8.76. The Kier molecular flexibility index (Phi) is 5.35. The van der Waals surface area contributed by atoms with Gasteiger partial charge >= 0.3 is 0 Å². The number of hydrogen-bond acceptors (Lipinski definition) is 3. The van der Waals surface area contributed by atoms with E-state index < -0.39 is 0 Å². The third-order valence-electron chi connectivity index (χ3n) is 2.68.